The predicted molar refractivity (Wildman–Crippen MR) is 99.2 cm³/mol. The van der Waals surface area contributed by atoms with Crippen LogP contribution in [0.4, 0.5) is 0 Å². The second kappa shape index (κ2) is 7.14. The van der Waals surface area contributed by atoms with Crippen molar-refractivity contribution in [2.45, 2.75) is 37.2 Å². The number of thiophene rings is 1. The molecular formula is C17H21ClN2O2S2. The first-order chi connectivity index (χ1) is 11.4. The highest BCUT2D eigenvalue weighted by Crippen LogP contribution is 2.35. The molecular weight excluding hydrogens is 364 g/mol. The van der Waals surface area contributed by atoms with Crippen molar-refractivity contribution in [3.8, 4) is 0 Å². The summed E-state index contributed by atoms with van der Waals surface area (Å²) >= 11 is 7.59. The number of benzene rings is 1. The van der Waals surface area contributed by atoms with Gasteiger partial charge in [-0.25, -0.2) is 13.1 Å². The summed E-state index contributed by atoms with van der Waals surface area (Å²) in [4.78, 5) is 4.00. The van der Waals surface area contributed by atoms with Gasteiger partial charge in [-0.05, 0) is 61.5 Å². The number of nitrogens with one attached hydrogen (secondary N) is 1. The molecule has 0 spiro atoms. The Morgan fingerprint density at radius 3 is 2.67 bits per heavy atom. The van der Waals surface area contributed by atoms with E-state index >= 15 is 0 Å². The van der Waals surface area contributed by atoms with E-state index < -0.39 is 10.0 Å². The molecule has 0 bridgehead atoms. The zero-order valence-corrected chi connectivity index (χ0v) is 16.1. The van der Waals surface area contributed by atoms with Gasteiger partial charge in [-0.15, -0.1) is 11.3 Å². The number of halogens is 1. The zero-order valence-electron chi connectivity index (χ0n) is 13.7. The zero-order chi connectivity index (χ0) is 17.3. The first-order valence-electron chi connectivity index (χ1n) is 7.96. The summed E-state index contributed by atoms with van der Waals surface area (Å²) in [6.45, 7) is 5.47. The number of nitrogens with zero attached hydrogens (tertiary/aromatic N) is 1. The Labute approximate surface area is 152 Å². The summed E-state index contributed by atoms with van der Waals surface area (Å²) in [7, 11) is -3.50. The second-order valence-electron chi connectivity index (χ2n) is 6.13. The molecule has 1 aliphatic heterocycles. The van der Waals surface area contributed by atoms with Crippen molar-refractivity contribution in [1.29, 1.82) is 0 Å². The minimum atomic E-state index is -3.50. The van der Waals surface area contributed by atoms with Crippen molar-refractivity contribution >= 4 is 33.0 Å². The molecule has 0 fully saturated rings. The average Bonchev–Trinajstić information content (AvgIpc) is 2.99. The molecule has 3 rings (SSSR count). The van der Waals surface area contributed by atoms with Gasteiger partial charge in [0.25, 0.3) is 0 Å². The van der Waals surface area contributed by atoms with Crippen LogP contribution in [0.1, 0.15) is 30.3 Å². The van der Waals surface area contributed by atoms with E-state index in [0.717, 1.165) is 6.42 Å². The SMILES string of the molecule is CC1Cc2ccsc2C(C)N1CCNS(=O)(=O)c1ccc(Cl)cc1. The first-order valence-corrected chi connectivity index (χ1v) is 10.7. The van der Waals surface area contributed by atoms with Gasteiger partial charge in [-0.2, -0.15) is 0 Å². The number of hydrogen-bond donors (Lipinski definition) is 1. The van der Waals surface area contributed by atoms with Gasteiger partial charge in [0.15, 0.2) is 0 Å². The van der Waals surface area contributed by atoms with Crippen molar-refractivity contribution in [2.24, 2.45) is 0 Å². The van der Waals surface area contributed by atoms with Crippen LogP contribution in [0.5, 0.6) is 0 Å². The maximum atomic E-state index is 12.3. The summed E-state index contributed by atoms with van der Waals surface area (Å²) in [5.41, 5.74) is 1.43. The lowest BCUT2D eigenvalue weighted by Gasteiger charge is -2.38. The molecule has 1 aromatic heterocycles. The minimum absolute atomic E-state index is 0.243. The minimum Gasteiger partial charge on any atom is -0.291 e. The van der Waals surface area contributed by atoms with Crippen molar-refractivity contribution in [1.82, 2.24) is 9.62 Å². The molecule has 0 saturated carbocycles. The Kier molecular flexibility index (Phi) is 5.32. The quantitative estimate of drug-likeness (QED) is 0.855. The third-order valence-corrected chi connectivity index (χ3v) is 7.38. The summed E-state index contributed by atoms with van der Waals surface area (Å²) in [6, 6.07) is 9.15. The van der Waals surface area contributed by atoms with Crippen LogP contribution in [0.25, 0.3) is 0 Å². The van der Waals surface area contributed by atoms with Crippen LogP contribution >= 0.6 is 22.9 Å². The summed E-state index contributed by atoms with van der Waals surface area (Å²) < 4.78 is 27.4. The topological polar surface area (TPSA) is 49.4 Å². The van der Waals surface area contributed by atoms with E-state index in [-0.39, 0.29) is 4.90 Å². The van der Waals surface area contributed by atoms with E-state index in [0.29, 0.717) is 30.2 Å². The number of sulfonamides is 1. The van der Waals surface area contributed by atoms with E-state index in [1.54, 1.807) is 23.5 Å². The molecule has 1 aliphatic rings. The smallest absolute Gasteiger partial charge is 0.240 e. The maximum absolute atomic E-state index is 12.3. The molecule has 1 aromatic carbocycles. The van der Waals surface area contributed by atoms with Crippen LogP contribution < -0.4 is 4.72 Å². The monoisotopic (exact) mass is 384 g/mol. The third kappa shape index (κ3) is 3.68. The van der Waals surface area contributed by atoms with Gasteiger partial charge in [0.05, 0.1) is 4.90 Å². The Hall–Kier alpha value is -0.920. The fraction of sp³-hybridized carbons (Fsp3) is 0.412. The van der Waals surface area contributed by atoms with Gasteiger partial charge in [0.1, 0.15) is 0 Å². The number of hydrogen-bond acceptors (Lipinski definition) is 4. The molecule has 0 aliphatic carbocycles. The molecule has 4 nitrogen and oxygen atoms in total. The lowest BCUT2D eigenvalue weighted by molar-refractivity contribution is 0.145. The maximum Gasteiger partial charge on any atom is 0.240 e. The molecule has 2 atom stereocenters. The molecule has 2 heterocycles. The van der Waals surface area contributed by atoms with Crippen LogP contribution in [-0.2, 0) is 16.4 Å². The number of rotatable bonds is 5. The summed E-state index contributed by atoms with van der Waals surface area (Å²) in [6.07, 6.45) is 1.02. The van der Waals surface area contributed by atoms with Gasteiger partial charge < -0.3 is 0 Å². The molecule has 130 valence electrons. The largest absolute Gasteiger partial charge is 0.291 e. The molecule has 0 amide bonds. The molecule has 2 aromatic rings. The lowest BCUT2D eigenvalue weighted by atomic mass is 9.97. The summed E-state index contributed by atoms with van der Waals surface area (Å²) in [5.74, 6) is 0. The van der Waals surface area contributed by atoms with Crippen LogP contribution in [0, 0.1) is 0 Å². The molecule has 0 radical (unpaired) electrons. The van der Waals surface area contributed by atoms with E-state index in [9.17, 15) is 8.42 Å². The molecule has 7 heteroatoms. The Balaban J connectivity index is 1.63. The Morgan fingerprint density at radius 2 is 1.96 bits per heavy atom. The standard InChI is InChI=1S/C17H21ClN2O2S2/c1-12-11-14-7-10-23-17(14)13(2)20(12)9-8-19-24(21,22)16-5-3-15(18)4-6-16/h3-7,10,12-13,19H,8-9,11H2,1-2H3. The predicted octanol–water partition coefficient (Wildman–Crippen LogP) is 3.69. The molecule has 1 N–H and O–H groups in total. The van der Waals surface area contributed by atoms with Crippen LogP contribution in [-0.4, -0.2) is 32.4 Å². The van der Waals surface area contributed by atoms with E-state index in [4.69, 9.17) is 11.6 Å². The second-order valence-corrected chi connectivity index (χ2v) is 9.28. The van der Waals surface area contributed by atoms with Crippen LogP contribution in [0.3, 0.4) is 0 Å². The van der Waals surface area contributed by atoms with Gasteiger partial charge in [0, 0.05) is 35.1 Å². The van der Waals surface area contributed by atoms with Gasteiger partial charge >= 0.3 is 0 Å². The molecule has 0 saturated heterocycles. The highest BCUT2D eigenvalue weighted by molar-refractivity contribution is 7.89. The fourth-order valence-corrected chi connectivity index (χ4v) is 5.43. The van der Waals surface area contributed by atoms with Crippen molar-refractivity contribution in [3.05, 3.63) is 51.2 Å². The van der Waals surface area contributed by atoms with Gasteiger partial charge in [0.2, 0.25) is 10.0 Å². The summed E-state index contributed by atoms with van der Waals surface area (Å²) in [5, 5.41) is 2.66. The Morgan fingerprint density at radius 1 is 1.25 bits per heavy atom. The molecule has 2 unspecified atom stereocenters. The first kappa shape index (κ1) is 17.9. The highest BCUT2D eigenvalue weighted by Gasteiger charge is 2.29. The van der Waals surface area contributed by atoms with E-state index in [2.05, 4.69) is 34.9 Å². The lowest BCUT2D eigenvalue weighted by Crippen LogP contribution is -2.44. The van der Waals surface area contributed by atoms with Crippen molar-refractivity contribution in [3.63, 3.8) is 0 Å². The van der Waals surface area contributed by atoms with Crippen molar-refractivity contribution < 1.29 is 8.42 Å². The highest BCUT2D eigenvalue weighted by atomic mass is 35.5. The van der Waals surface area contributed by atoms with Gasteiger partial charge in [-0.1, -0.05) is 11.6 Å². The van der Waals surface area contributed by atoms with Crippen LogP contribution in [0.2, 0.25) is 5.02 Å². The third-order valence-electron chi connectivity index (χ3n) is 4.53. The fourth-order valence-electron chi connectivity index (χ4n) is 3.27. The normalized spacial score (nSPS) is 21.6. The van der Waals surface area contributed by atoms with Crippen LogP contribution in [0.15, 0.2) is 40.6 Å². The Bertz CT molecular complexity index is 802. The molecule has 24 heavy (non-hydrogen) atoms. The average molecular weight is 385 g/mol. The van der Waals surface area contributed by atoms with E-state index in [1.165, 1.54) is 22.6 Å². The van der Waals surface area contributed by atoms with Gasteiger partial charge in [-0.3, -0.25) is 4.90 Å². The van der Waals surface area contributed by atoms with E-state index in [1.807, 2.05) is 0 Å². The number of fused-ring (bicyclic) bond motifs is 1. The van der Waals surface area contributed by atoms with Crippen molar-refractivity contribution in [2.75, 3.05) is 13.1 Å².